The van der Waals surface area contributed by atoms with E-state index in [1.54, 1.807) is 0 Å². The van der Waals surface area contributed by atoms with Gasteiger partial charge in [0.2, 0.25) is 0 Å². The van der Waals surface area contributed by atoms with Crippen molar-refractivity contribution in [3.05, 3.63) is 41.0 Å². The number of imidazole rings is 1. The zero-order valence-corrected chi connectivity index (χ0v) is 15.0. The summed E-state index contributed by atoms with van der Waals surface area (Å²) in [4.78, 5) is 7.34. The number of rotatable bonds is 2. The molecule has 128 valence electrons. The van der Waals surface area contributed by atoms with E-state index >= 15 is 0 Å². The van der Waals surface area contributed by atoms with Crippen molar-refractivity contribution in [2.24, 2.45) is 0 Å². The Morgan fingerprint density at radius 2 is 1.84 bits per heavy atom. The molecule has 0 aliphatic carbocycles. The second-order valence-corrected chi connectivity index (χ2v) is 6.93. The Balaban J connectivity index is 2.13. The van der Waals surface area contributed by atoms with Gasteiger partial charge in [0.25, 0.3) is 0 Å². The number of nitriles is 1. The summed E-state index contributed by atoms with van der Waals surface area (Å²) < 4.78 is 2.24. The van der Waals surface area contributed by atoms with Crippen LogP contribution in [0.3, 0.4) is 0 Å². The normalized spacial score (nSPS) is 15.5. The van der Waals surface area contributed by atoms with Crippen LogP contribution in [0.4, 0.5) is 5.82 Å². The second kappa shape index (κ2) is 6.40. The number of benzene rings is 1. The van der Waals surface area contributed by atoms with Gasteiger partial charge in [-0.3, -0.25) is 4.40 Å². The summed E-state index contributed by atoms with van der Waals surface area (Å²) >= 11 is 0. The number of hydrogen-bond donors (Lipinski definition) is 0. The Hall–Kier alpha value is -2.54. The highest BCUT2D eigenvalue weighted by atomic mass is 15.2. The van der Waals surface area contributed by atoms with Gasteiger partial charge >= 0.3 is 0 Å². The third kappa shape index (κ3) is 2.46. The maximum absolute atomic E-state index is 9.79. The molecule has 3 heterocycles. The molecule has 1 aliphatic heterocycles. The summed E-state index contributed by atoms with van der Waals surface area (Å²) in [6.45, 7) is 6.44. The van der Waals surface area contributed by atoms with Crippen LogP contribution in [0.1, 0.15) is 49.3 Å². The SMILES string of the molecule is CCc1c(C)c(C#N)c2nc3ccccc3n2c1N1CCCCCC1. The Kier molecular flexibility index (Phi) is 4.09. The number of anilines is 1. The van der Waals surface area contributed by atoms with Crippen molar-refractivity contribution in [1.82, 2.24) is 9.38 Å². The number of pyridine rings is 1. The molecule has 0 N–H and O–H groups in total. The molecule has 2 aromatic heterocycles. The number of para-hydroxylation sites is 2. The van der Waals surface area contributed by atoms with Gasteiger partial charge in [-0.05, 0) is 49.4 Å². The molecule has 1 aromatic carbocycles. The predicted octanol–water partition coefficient (Wildman–Crippen LogP) is 4.61. The average Bonchev–Trinajstić information content (AvgIpc) is 2.81. The monoisotopic (exact) mass is 332 g/mol. The number of aromatic nitrogens is 2. The minimum absolute atomic E-state index is 0.714. The minimum atomic E-state index is 0.714. The van der Waals surface area contributed by atoms with Crippen molar-refractivity contribution in [3.8, 4) is 6.07 Å². The first kappa shape index (κ1) is 16.0. The fourth-order valence-electron chi connectivity index (χ4n) is 4.20. The predicted molar refractivity (Wildman–Crippen MR) is 102 cm³/mol. The van der Waals surface area contributed by atoms with E-state index in [2.05, 4.69) is 41.4 Å². The molecular formula is C21H24N4. The van der Waals surface area contributed by atoms with Gasteiger partial charge in [0.05, 0.1) is 16.6 Å². The van der Waals surface area contributed by atoms with Crippen LogP contribution in [0, 0.1) is 18.3 Å². The smallest absolute Gasteiger partial charge is 0.157 e. The highest BCUT2D eigenvalue weighted by Crippen LogP contribution is 2.34. The topological polar surface area (TPSA) is 44.3 Å². The lowest BCUT2D eigenvalue weighted by molar-refractivity contribution is 0.726. The van der Waals surface area contributed by atoms with Crippen molar-refractivity contribution in [3.63, 3.8) is 0 Å². The zero-order chi connectivity index (χ0) is 17.4. The maximum Gasteiger partial charge on any atom is 0.157 e. The molecule has 0 bridgehead atoms. The summed E-state index contributed by atoms with van der Waals surface area (Å²) in [6.07, 6.45) is 6.00. The van der Waals surface area contributed by atoms with E-state index in [0.717, 1.165) is 41.8 Å². The first-order valence-electron chi connectivity index (χ1n) is 9.34. The third-order valence-electron chi connectivity index (χ3n) is 5.46. The van der Waals surface area contributed by atoms with Gasteiger partial charge < -0.3 is 4.90 Å². The van der Waals surface area contributed by atoms with Gasteiger partial charge in [0.1, 0.15) is 11.9 Å². The molecule has 1 aliphatic rings. The van der Waals surface area contributed by atoms with Crippen molar-refractivity contribution in [2.45, 2.75) is 46.0 Å². The molecule has 0 atom stereocenters. The molecule has 0 spiro atoms. The molecule has 0 unspecified atom stereocenters. The average molecular weight is 332 g/mol. The van der Waals surface area contributed by atoms with Crippen molar-refractivity contribution < 1.29 is 0 Å². The van der Waals surface area contributed by atoms with E-state index in [0.29, 0.717) is 5.56 Å². The fourth-order valence-corrected chi connectivity index (χ4v) is 4.20. The Morgan fingerprint density at radius 3 is 2.52 bits per heavy atom. The lowest BCUT2D eigenvalue weighted by atomic mass is 10.0. The highest BCUT2D eigenvalue weighted by molar-refractivity contribution is 5.86. The molecule has 1 saturated heterocycles. The van der Waals surface area contributed by atoms with Gasteiger partial charge in [-0.1, -0.05) is 31.9 Å². The van der Waals surface area contributed by atoms with E-state index in [1.165, 1.54) is 37.1 Å². The molecule has 0 radical (unpaired) electrons. The van der Waals surface area contributed by atoms with Gasteiger partial charge in [-0.25, -0.2) is 4.98 Å². The molecule has 0 saturated carbocycles. The van der Waals surface area contributed by atoms with E-state index in [-0.39, 0.29) is 0 Å². The zero-order valence-electron chi connectivity index (χ0n) is 15.0. The van der Waals surface area contributed by atoms with E-state index in [1.807, 2.05) is 12.1 Å². The van der Waals surface area contributed by atoms with Crippen LogP contribution < -0.4 is 4.90 Å². The molecular weight excluding hydrogens is 308 g/mol. The van der Waals surface area contributed by atoms with E-state index in [9.17, 15) is 5.26 Å². The fraction of sp³-hybridized carbons (Fsp3) is 0.429. The van der Waals surface area contributed by atoms with E-state index < -0.39 is 0 Å². The third-order valence-corrected chi connectivity index (χ3v) is 5.46. The van der Waals surface area contributed by atoms with Gasteiger partial charge in [-0.15, -0.1) is 0 Å². The summed E-state index contributed by atoms with van der Waals surface area (Å²) in [5.41, 5.74) is 5.95. The molecule has 25 heavy (non-hydrogen) atoms. The number of hydrogen-bond acceptors (Lipinski definition) is 3. The van der Waals surface area contributed by atoms with Gasteiger partial charge in [0.15, 0.2) is 5.65 Å². The van der Waals surface area contributed by atoms with Gasteiger partial charge in [0, 0.05) is 13.1 Å². The summed E-state index contributed by atoms with van der Waals surface area (Å²) in [5, 5.41) is 9.79. The Morgan fingerprint density at radius 1 is 1.12 bits per heavy atom. The molecule has 3 aromatic rings. The summed E-state index contributed by atoms with van der Waals surface area (Å²) in [5.74, 6) is 1.25. The van der Waals surface area contributed by atoms with Gasteiger partial charge in [-0.2, -0.15) is 5.26 Å². The largest absolute Gasteiger partial charge is 0.357 e. The summed E-state index contributed by atoms with van der Waals surface area (Å²) in [7, 11) is 0. The van der Waals surface area contributed by atoms with Crippen LogP contribution in [0.2, 0.25) is 0 Å². The standard InChI is InChI=1S/C21H24N4/c1-3-16-15(2)17(14-22)20-23-18-10-6-7-11-19(18)25(20)21(16)24-12-8-4-5-9-13-24/h6-7,10-11H,3-5,8-9,12-13H2,1-2H3. The first-order valence-corrected chi connectivity index (χ1v) is 9.34. The molecule has 4 rings (SSSR count). The van der Waals surface area contributed by atoms with Crippen LogP contribution in [0.15, 0.2) is 24.3 Å². The lowest BCUT2D eigenvalue weighted by Gasteiger charge is -2.28. The van der Waals surface area contributed by atoms with Crippen LogP contribution in [-0.2, 0) is 6.42 Å². The van der Waals surface area contributed by atoms with E-state index in [4.69, 9.17) is 4.98 Å². The summed E-state index contributed by atoms with van der Waals surface area (Å²) in [6, 6.07) is 10.6. The van der Waals surface area contributed by atoms with Crippen LogP contribution in [-0.4, -0.2) is 22.5 Å². The highest BCUT2D eigenvalue weighted by Gasteiger charge is 2.23. The van der Waals surface area contributed by atoms with Crippen LogP contribution in [0.5, 0.6) is 0 Å². The Bertz CT molecular complexity index is 969. The van der Waals surface area contributed by atoms with Crippen molar-refractivity contribution >= 4 is 22.5 Å². The number of nitrogens with zero attached hydrogens (tertiary/aromatic N) is 4. The molecule has 1 fully saturated rings. The van der Waals surface area contributed by atoms with Crippen LogP contribution >= 0.6 is 0 Å². The van der Waals surface area contributed by atoms with Crippen molar-refractivity contribution in [2.75, 3.05) is 18.0 Å². The number of fused-ring (bicyclic) bond motifs is 3. The van der Waals surface area contributed by atoms with Crippen molar-refractivity contribution in [1.29, 1.82) is 5.26 Å². The van der Waals surface area contributed by atoms with Crippen LogP contribution in [0.25, 0.3) is 16.7 Å². The second-order valence-electron chi connectivity index (χ2n) is 6.93. The first-order chi connectivity index (χ1) is 12.3. The lowest BCUT2D eigenvalue weighted by Crippen LogP contribution is -2.28. The molecule has 4 nitrogen and oxygen atoms in total. The molecule has 4 heteroatoms. The minimum Gasteiger partial charge on any atom is -0.357 e. The quantitative estimate of drug-likeness (QED) is 0.688. The molecule has 0 amide bonds. The maximum atomic E-state index is 9.79. The Labute approximate surface area is 148 Å².